The van der Waals surface area contributed by atoms with E-state index in [-0.39, 0.29) is 23.5 Å². The number of halogens is 3. The molecule has 1 saturated heterocycles. The normalized spacial score (nSPS) is 18.8. The highest BCUT2D eigenvalue weighted by Crippen LogP contribution is 2.27. The first kappa shape index (κ1) is 24.3. The van der Waals surface area contributed by atoms with Gasteiger partial charge >= 0.3 is 0 Å². The first-order valence-corrected chi connectivity index (χ1v) is 12.0. The van der Waals surface area contributed by atoms with E-state index in [9.17, 15) is 13.6 Å². The van der Waals surface area contributed by atoms with Gasteiger partial charge in [-0.3, -0.25) is 9.48 Å². The molecule has 1 aliphatic rings. The molecule has 36 heavy (non-hydrogen) atoms. The average molecular weight is 512 g/mol. The summed E-state index contributed by atoms with van der Waals surface area (Å²) in [5, 5.41) is 7.91. The number of aryl methyl sites for hydroxylation is 1. The van der Waals surface area contributed by atoms with Gasteiger partial charge in [0.05, 0.1) is 29.4 Å². The fraction of sp³-hybridized carbons (Fsp3) is 0.308. The van der Waals surface area contributed by atoms with Gasteiger partial charge in [-0.15, -0.1) is 0 Å². The highest BCUT2D eigenvalue weighted by atomic mass is 35.5. The van der Waals surface area contributed by atoms with E-state index in [1.54, 1.807) is 54.6 Å². The van der Waals surface area contributed by atoms with Crippen molar-refractivity contribution in [3.05, 3.63) is 88.3 Å². The van der Waals surface area contributed by atoms with Gasteiger partial charge in [-0.25, -0.2) is 18.7 Å². The Balaban J connectivity index is 1.41. The van der Waals surface area contributed by atoms with Crippen LogP contribution in [0.15, 0.2) is 55.0 Å². The number of fused-ring (bicyclic) bond motifs is 1. The number of rotatable bonds is 6. The quantitative estimate of drug-likeness (QED) is 0.409. The number of aromatic nitrogens is 4. The largest absolute Gasteiger partial charge is 0.378 e. The minimum absolute atomic E-state index is 0.000126. The van der Waals surface area contributed by atoms with Gasteiger partial charge in [0.1, 0.15) is 17.8 Å². The molecule has 186 valence electrons. The second-order valence-corrected chi connectivity index (χ2v) is 9.34. The molecule has 1 amide bonds. The molecule has 10 heteroatoms. The average Bonchev–Trinajstić information content (AvgIpc) is 3.31. The van der Waals surface area contributed by atoms with Gasteiger partial charge < -0.3 is 10.1 Å². The highest BCUT2D eigenvalue weighted by Gasteiger charge is 2.26. The number of ether oxygens (including phenoxy) is 1. The lowest BCUT2D eigenvalue weighted by molar-refractivity contribution is -0.00172. The number of nitrogens with one attached hydrogen (secondary N) is 1. The minimum atomic E-state index is -1.04. The summed E-state index contributed by atoms with van der Waals surface area (Å²) in [6.07, 6.45) is 5.03. The van der Waals surface area contributed by atoms with Crippen LogP contribution in [0.3, 0.4) is 0 Å². The monoisotopic (exact) mass is 511 g/mol. The van der Waals surface area contributed by atoms with Crippen LogP contribution in [-0.4, -0.2) is 45.0 Å². The van der Waals surface area contributed by atoms with E-state index in [0.717, 1.165) is 5.39 Å². The molecule has 0 aliphatic carbocycles. The van der Waals surface area contributed by atoms with Crippen molar-refractivity contribution in [2.45, 2.75) is 25.1 Å². The molecule has 0 bridgehead atoms. The number of carbonyl (C=O) groups is 1. The van der Waals surface area contributed by atoms with Crippen LogP contribution in [0.1, 0.15) is 39.8 Å². The van der Waals surface area contributed by atoms with Gasteiger partial charge in [-0.05, 0) is 36.2 Å². The van der Waals surface area contributed by atoms with E-state index < -0.39 is 18.0 Å². The van der Waals surface area contributed by atoms with E-state index in [1.165, 1.54) is 12.1 Å². The van der Waals surface area contributed by atoms with Crippen molar-refractivity contribution in [2.24, 2.45) is 13.0 Å². The van der Waals surface area contributed by atoms with E-state index in [0.29, 0.717) is 47.5 Å². The molecule has 1 aliphatic heterocycles. The van der Waals surface area contributed by atoms with Gasteiger partial charge in [0.25, 0.3) is 5.91 Å². The summed E-state index contributed by atoms with van der Waals surface area (Å²) in [5.41, 5.74) is 2.19. The van der Waals surface area contributed by atoms with Gasteiger partial charge in [-0.1, -0.05) is 23.7 Å². The number of hydrogen-bond donors (Lipinski definition) is 1. The third-order valence-electron chi connectivity index (χ3n) is 6.37. The predicted molar refractivity (Wildman–Crippen MR) is 131 cm³/mol. The van der Waals surface area contributed by atoms with Gasteiger partial charge in [-0.2, -0.15) is 5.10 Å². The van der Waals surface area contributed by atoms with Crippen LogP contribution < -0.4 is 5.32 Å². The number of amides is 1. The smallest absolute Gasteiger partial charge is 0.252 e. The lowest BCUT2D eigenvalue weighted by Gasteiger charge is -2.25. The predicted octanol–water partition coefficient (Wildman–Crippen LogP) is 4.59. The molecule has 7 nitrogen and oxygen atoms in total. The molecular weight excluding hydrogens is 488 g/mol. The maximum Gasteiger partial charge on any atom is 0.252 e. The van der Waals surface area contributed by atoms with Crippen molar-refractivity contribution in [1.29, 1.82) is 0 Å². The second kappa shape index (κ2) is 10.3. The number of benzene rings is 2. The van der Waals surface area contributed by atoms with Gasteiger partial charge in [0, 0.05) is 54.9 Å². The molecule has 3 atom stereocenters. The van der Waals surface area contributed by atoms with Crippen molar-refractivity contribution in [1.82, 2.24) is 25.1 Å². The van der Waals surface area contributed by atoms with E-state index in [4.69, 9.17) is 16.3 Å². The topological polar surface area (TPSA) is 81.9 Å². The Morgan fingerprint density at radius 3 is 2.86 bits per heavy atom. The lowest BCUT2D eigenvalue weighted by Crippen LogP contribution is -2.30. The molecule has 0 radical (unpaired) electrons. The van der Waals surface area contributed by atoms with Crippen LogP contribution in [0.4, 0.5) is 8.78 Å². The van der Waals surface area contributed by atoms with E-state index in [2.05, 4.69) is 20.4 Å². The van der Waals surface area contributed by atoms with Crippen LogP contribution in [0.5, 0.6) is 0 Å². The zero-order valence-corrected chi connectivity index (χ0v) is 20.3. The number of nitrogens with zero attached hydrogens (tertiary/aromatic N) is 4. The van der Waals surface area contributed by atoms with Crippen LogP contribution in [-0.2, 0) is 18.2 Å². The first-order valence-electron chi connectivity index (χ1n) is 11.6. The van der Waals surface area contributed by atoms with E-state index >= 15 is 0 Å². The molecule has 2 aromatic heterocycles. The number of carbonyl (C=O) groups excluding carboxylic acids is 1. The zero-order chi connectivity index (χ0) is 25.2. The maximum absolute atomic E-state index is 14.2. The molecule has 3 heterocycles. The molecule has 1 fully saturated rings. The summed E-state index contributed by atoms with van der Waals surface area (Å²) in [6, 6.07) is 8.89. The molecule has 0 unspecified atom stereocenters. The Kier molecular flexibility index (Phi) is 6.93. The van der Waals surface area contributed by atoms with Crippen LogP contribution >= 0.6 is 11.6 Å². The Morgan fingerprint density at radius 2 is 2.11 bits per heavy atom. The first-order chi connectivity index (χ1) is 17.4. The zero-order valence-electron chi connectivity index (χ0n) is 19.5. The maximum atomic E-state index is 14.2. The molecule has 2 aromatic carbocycles. The van der Waals surface area contributed by atoms with Crippen LogP contribution in [0, 0.1) is 11.7 Å². The summed E-state index contributed by atoms with van der Waals surface area (Å²) in [4.78, 5) is 22.3. The number of hydrogen-bond acceptors (Lipinski definition) is 5. The van der Waals surface area contributed by atoms with Crippen LogP contribution in [0.25, 0.3) is 10.9 Å². The summed E-state index contributed by atoms with van der Waals surface area (Å²) >= 11 is 5.86. The van der Waals surface area contributed by atoms with Crippen molar-refractivity contribution >= 4 is 28.4 Å². The Labute approximate surface area is 211 Å². The van der Waals surface area contributed by atoms with Crippen molar-refractivity contribution < 1.29 is 18.3 Å². The highest BCUT2D eigenvalue weighted by molar-refractivity contribution is 6.30. The van der Waals surface area contributed by atoms with Gasteiger partial charge in [0.2, 0.25) is 0 Å². The molecule has 0 spiro atoms. The second-order valence-electron chi connectivity index (χ2n) is 8.93. The SMILES string of the molecule is Cn1cc([C@@H](NC(=O)c2ccc3cnc(C[C@@H]4CCOC[C@H]4F)nc3c2)c2ccc(Cl)c(F)c2)cn1. The van der Waals surface area contributed by atoms with Gasteiger partial charge in [0.15, 0.2) is 0 Å². The third kappa shape index (κ3) is 5.22. The third-order valence-corrected chi connectivity index (χ3v) is 6.68. The summed E-state index contributed by atoms with van der Waals surface area (Å²) in [6.45, 7) is 0.622. The summed E-state index contributed by atoms with van der Waals surface area (Å²) in [5.74, 6) is -0.607. The number of alkyl halides is 1. The fourth-order valence-electron chi connectivity index (χ4n) is 4.37. The Morgan fingerprint density at radius 1 is 1.25 bits per heavy atom. The fourth-order valence-corrected chi connectivity index (χ4v) is 4.49. The molecule has 4 aromatic rings. The molecular formula is C26H24ClF2N5O2. The lowest BCUT2D eigenvalue weighted by atomic mass is 9.94. The Hall–Kier alpha value is -3.43. The standard InChI is InChI=1S/C26H24ClF2N5O2/c1-34-13-19(12-31-34)25(16-4-5-20(27)21(28)8-16)33-26(35)17-2-3-18-11-30-24(32-23(18)9-17)10-15-6-7-36-14-22(15)29/h2-5,8-9,11-13,15,22,25H,6-7,10,14H2,1H3,(H,33,35)/t15-,22+,25-/m0/s1. The molecule has 5 rings (SSSR count). The van der Waals surface area contributed by atoms with E-state index in [1.807, 2.05) is 0 Å². The minimum Gasteiger partial charge on any atom is -0.378 e. The molecule has 1 N–H and O–H groups in total. The van der Waals surface area contributed by atoms with Crippen LogP contribution in [0.2, 0.25) is 5.02 Å². The van der Waals surface area contributed by atoms with Crippen molar-refractivity contribution in [2.75, 3.05) is 13.2 Å². The summed E-state index contributed by atoms with van der Waals surface area (Å²) in [7, 11) is 1.76. The molecule has 0 saturated carbocycles. The van der Waals surface area contributed by atoms with Crippen molar-refractivity contribution in [3.63, 3.8) is 0 Å². The Bertz CT molecular complexity index is 1410. The van der Waals surface area contributed by atoms with Crippen molar-refractivity contribution in [3.8, 4) is 0 Å². The summed E-state index contributed by atoms with van der Waals surface area (Å²) < 4.78 is 35.2.